The first-order valence-corrected chi connectivity index (χ1v) is 9.88. The number of nitrogens with one attached hydrogen (secondary N) is 1. The number of alkyl halides is 2. The molecule has 0 bridgehead atoms. The molecule has 2 rings (SSSR count). The number of ketones is 1. The molecule has 1 aromatic heterocycles. The molecule has 1 amide bonds. The van der Waals surface area contributed by atoms with E-state index in [1.807, 2.05) is 26.8 Å². The molecule has 0 aliphatic rings. The molecule has 1 heterocycles. The zero-order valence-corrected chi connectivity index (χ0v) is 18.0. The number of aromatic nitrogens is 1. The number of rotatable bonds is 9. The molecule has 1 N–H and O–H groups in total. The number of nitrogens with zero attached hydrogens (tertiary/aromatic N) is 1. The highest BCUT2D eigenvalue weighted by Gasteiger charge is 2.16. The Morgan fingerprint density at radius 1 is 1.07 bits per heavy atom. The predicted molar refractivity (Wildman–Crippen MR) is 111 cm³/mol. The summed E-state index contributed by atoms with van der Waals surface area (Å²) in [5.41, 5.74) is 3.22. The summed E-state index contributed by atoms with van der Waals surface area (Å²) >= 11 is 0. The Bertz CT molecular complexity index is 913. The standard InChI is InChI=1S/C23H28F2N2O3/c1-13(2)21(28)11-19-9-18(8-15(4)26-19)23(29)27-16(5)17-6-14(3)7-20(10-17)30-12-22(24)25/h6-10,13,16,22H,11-12H2,1-5H3,(H,27,29). The largest absolute Gasteiger partial charge is 0.488 e. The van der Waals surface area contributed by atoms with E-state index in [4.69, 9.17) is 4.74 Å². The molecule has 0 saturated carbocycles. The van der Waals surface area contributed by atoms with Gasteiger partial charge in [0.05, 0.1) is 6.04 Å². The van der Waals surface area contributed by atoms with Crippen molar-refractivity contribution in [2.75, 3.05) is 6.61 Å². The van der Waals surface area contributed by atoms with E-state index >= 15 is 0 Å². The van der Waals surface area contributed by atoms with E-state index < -0.39 is 13.0 Å². The minimum absolute atomic E-state index is 0.0592. The molecule has 0 aliphatic heterocycles. The van der Waals surface area contributed by atoms with Gasteiger partial charge >= 0.3 is 0 Å². The molecule has 162 valence electrons. The number of carbonyl (C=O) groups is 2. The van der Waals surface area contributed by atoms with Crippen molar-refractivity contribution >= 4 is 11.7 Å². The second-order valence-electron chi connectivity index (χ2n) is 7.76. The highest BCUT2D eigenvalue weighted by Crippen LogP contribution is 2.23. The Morgan fingerprint density at radius 3 is 2.40 bits per heavy atom. The molecular formula is C23H28F2N2O3. The zero-order chi connectivity index (χ0) is 22.4. The molecule has 5 nitrogen and oxygen atoms in total. The van der Waals surface area contributed by atoms with Crippen LogP contribution in [0.1, 0.15) is 59.7 Å². The lowest BCUT2D eigenvalue weighted by Gasteiger charge is -2.17. The molecule has 2 aromatic rings. The number of hydrogen-bond acceptors (Lipinski definition) is 4. The van der Waals surface area contributed by atoms with E-state index in [1.165, 1.54) is 0 Å². The Labute approximate surface area is 175 Å². The van der Waals surface area contributed by atoms with Gasteiger partial charge in [0.1, 0.15) is 18.1 Å². The molecule has 0 radical (unpaired) electrons. The second kappa shape index (κ2) is 10.3. The third-order valence-corrected chi connectivity index (χ3v) is 4.56. The Hall–Kier alpha value is -2.83. The quantitative estimate of drug-likeness (QED) is 0.646. The molecule has 0 aliphatic carbocycles. The molecule has 1 unspecified atom stereocenters. The zero-order valence-electron chi connectivity index (χ0n) is 18.0. The number of aryl methyl sites for hydroxylation is 2. The fraction of sp³-hybridized carbons (Fsp3) is 0.435. The van der Waals surface area contributed by atoms with Crippen LogP contribution in [0, 0.1) is 19.8 Å². The Morgan fingerprint density at radius 2 is 1.77 bits per heavy atom. The van der Waals surface area contributed by atoms with Crippen LogP contribution in [0.3, 0.4) is 0 Å². The maximum Gasteiger partial charge on any atom is 0.272 e. The first-order valence-electron chi connectivity index (χ1n) is 9.88. The summed E-state index contributed by atoms with van der Waals surface area (Å²) in [5, 5.41) is 2.91. The van der Waals surface area contributed by atoms with Crippen LogP contribution in [-0.4, -0.2) is 29.7 Å². The number of hydrogen-bond donors (Lipinski definition) is 1. The van der Waals surface area contributed by atoms with Gasteiger partial charge in [-0.25, -0.2) is 8.78 Å². The van der Waals surface area contributed by atoms with Crippen LogP contribution in [0.2, 0.25) is 0 Å². The van der Waals surface area contributed by atoms with Gasteiger partial charge in [0.25, 0.3) is 12.3 Å². The van der Waals surface area contributed by atoms with Gasteiger partial charge in [0, 0.05) is 29.3 Å². The average Bonchev–Trinajstić information content (AvgIpc) is 2.65. The number of halogens is 2. The predicted octanol–water partition coefficient (Wildman–Crippen LogP) is 4.60. The van der Waals surface area contributed by atoms with Gasteiger partial charge in [-0.1, -0.05) is 19.9 Å². The van der Waals surface area contributed by atoms with Crippen LogP contribution >= 0.6 is 0 Å². The highest BCUT2D eigenvalue weighted by molar-refractivity contribution is 5.95. The first-order chi connectivity index (χ1) is 14.0. The van der Waals surface area contributed by atoms with Crippen molar-refractivity contribution in [3.8, 4) is 5.75 Å². The topological polar surface area (TPSA) is 68.3 Å². The summed E-state index contributed by atoms with van der Waals surface area (Å²) in [5.74, 6) is -0.0141. The lowest BCUT2D eigenvalue weighted by atomic mass is 10.0. The van der Waals surface area contributed by atoms with Crippen molar-refractivity contribution in [1.82, 2.24) is 10.3 Å². The van der Waals surface area contributed by atoms with E-state index in [2.05, 4.69) is 10.3 Å². The lowest BCUT2D eigenvalue weighted by molar-refractivity contribution is -0.121. The summed E-state index contributed by atoms with van der Waals surface area (Å²) in [6.45, 7) is 8.38. The maximum atomic E-state index is 12.8. The van der Waals surface area contributed by atoms with Crippen molar-refractivity contribution in [3.05, 3.63) is 58.4 Å². The third kappa shape index (κ3) is 6.90. The fourth-order valence-corrected chi connectivity index (χ4v) is 2.97. The van der Waals surface area contributed by atoms with Gasteiger partial charge in [0.2, 0.25) is 0 Å². The van der Waals surface area contributed by atoms with Crippen LogP contribution < -0.4 is 10.1 Å². The summed E-state index contributed by atoms with van der Waals surface area (Å²) in [6, 6.07) is 8.10. The van der Waals surface area contributed by atoms with Crippen molar-refractivity contribution in [3.63, 3.8) is 0 Å². The summed E-state index contributed by atoms with van der Waals surface area (Å²) < 4.78 is 30.0. The molecule has 0 saturated heterocycles. The third-order valence-electron chi connectivity index (χ3n) is 4.56. The lowest BCUT2D eigenvalue weighted by Crippen LogP contribution is -2.27. The maximum absolute atomic E-state index is 12.8. The van der Waals surface area contributed by atoms with E-state index in [-0.39, 0.29) is 30.1 Å². The number of pyridine rings is 1. The van der Waals surface area contributed by atoms with Crippen LogP contribution in [0.4, 0.5) is 8.78 Å². The van der Waals surface area contributed by atoms with Crippen LogP contribution in [0.5, 0.6) is 5.75 Å². The van der Waals surface area contributed by atoms with Gasteiger partial charge in [0.15, 0.2) is 0 Å². The molecule has 0 fully saturated rings. The normalized spacial score (nSPS) is 12.2. The van der Waals surface area contributed by atoms with Gasteiger partial charge < -0.3 is 10.1 Å². The number of amides is 1. The molecule has 1 atom stereocenters. The second-order valence-corrected chi connectivity index (χ2v) is 7.76. The number of benzene rings is 1. The van der Waals surface area contributed by atoms with Crippen LogP contribution in [0.15, 0.2) is 30.3 Å². The van der Waals surface area contributed by atoms with E-state index in [0.717, 1.165) is 11.1 Å². The molecular weight excluding hydrogens is 390 g/mol. The van der Waals surface area contributed by atoms with Crippen molar-refractivity contribution in [2.45, 2.75) is 53.5 Å². The molecule has 7 heteroatoms. The first kappa shape index (κ1) is 23.4. The Kier molecular flexibility index (Phi) is 8.03. The van der Waals surface area contributed by atoms with E-state index in [0.29, 0.717) is 22.7 Å². The molecule has 0 spiro atoms. The highest BCUT2D eigenvalue weighted by atomic mass is 19.3. The van der Waals surface area contributed by atoms with Gasteiger partial charge in [-0.2, -0.15) is 0 Å². The summed E-state index contributed by atoms with van der Waals surface area (Å²) in [6.07, 6.45) is -2.38. The SMILES string of the molecule is Cc1cc(OCC(F)F)cc(C(C)NC(=O)c2cc(C)nc(CC(=O)C(C)C)c2)c1. The molecule has 1 aromatic carbocycles. The smallest absolute Gasteiger partial charge is 0.272 e. The van der Waals surface area contributed by atoms with Crippen molar-refractivity contribution in [1.29, 1.82) is 0 Å². The van der Waals surface area contributed by atoms with Crippen LogP contribution in [0.25, 0.3) is 0 Å². The van der Waals surface area contributed by atoms with E-state index in [9.17, 15) is 18.4 Å². The summed E-state index contributed by atoms with van der Waals surface area (Å²) in [4.78, 5) is 29.2. The van der Waals surface area contributed by atoms with Gasteiger partial charge in [-0.3, -0.25) is 14.6 Å². The Balaban J connectivity index is 2.15. The number of ether oxygens (including phenoxy) is 1. The van der Waals surface area contributed by atoms with Gasteiger partial charge in [-0.05, 0) is 56.2 Å². The minimum atomic E-state index is -2.56. The number of carbonyl (C=O) groups excluding carboxylic acids is 2. The fourth-order valence-electron chi connectivity index (χ4n) is 2.97. The van der Waals surface area contributed by atoms with Crippen LogP contribution in [-0.2, 0) is 11.2 Å². The summed E-state index contributed by atoms with van der Waals surface area (Å²) in [7, 11) is 0. The minimum Gasteiger partial charge on any atom is -0.488 e. The van der Waals surface area contributed by atoms with Crippen molar-refractivity contribution in [2.24, 2.45) is 5.92 Å². The van der Waals surface area contributed by atoms with E-state index in [1.54, 1.807) is 38.1 Å². The number of Topliss-reactive ketones (excluding diaryl/α,β-unsaturated/α-hetero) is 1. The monoisotopic (exact) mass is 418 g/mol. The average molecular weight is 418 g/mol. The van der Waals surface area contributed by atoms with Gasteiger partial charge in [-0.15, -0.1) is 0 Å². The molecule has 30 heavy (non-hydrogen) atoms. The van der Waals surface area contributed by atoms with Crippen molar-refractivity contribution < 1.29 is 23.1 Å².